The van der Waals surface area contributed by atoms with Crippen molar-refractivity contribution >= 4 is 50.0 Å². The maximum Gasteiger partial charge on any atom is 0.262 e. The first-order chi connectivity index (χ1) is 16.8. The lowest BCUT2D eigenvalue weighted by Crippen LogP contribution is -2.13. The van der Waals surface area contributed by atoms with Gasteiger partial charge in [-0.05, 0) is 48.0 Å². The van der Waals surface area contributed by atoms with Gasteiger partial charge in [0.25, 0.3) is 10.0 Å². The second-order valence-electron chi connectivity index (χ2n) is 7.18. The Morgan fingerprint density at radius 1 is 1.03 bits per heavy atom. The summed E-state index contributed by atoms with van der Waals surface area (Å²) in [4.78, 5) is 8.93. The van der Waals surface area contributed by atoms with Crippen molar-refractivity contribution in [3.63, 3.8) is 0 Å². The second-order valence-corrected chi connectivity index (χ2v) is 10.1. The van der Waals surface area contributed by atoms with Crippen LogP contribution in [0, 0.1) is 0 Å². The van der Waals surface area contributed by atoms with Crippen LogP contribution in [0.25, 0.3) is 11.3 Å². The van der Waals surface area contributed by atoms with Gasteiger partial charge in [-0.1, -0.05) is 23.7 Å². The molecule has 0 saturated heterocycles. The van der Waals surface area contributed by atoms with E-state index in [4.69, 9.17) is 21.1 Å². The molecule has 3 aromatic carbocycles. The van der Waals surface area contributed by atoms with Gasteiger partial charge in [0, 0.05) is 28.9 Å². The number of phenols is 1. The number of phenolic OH excluding ortho intramolecular Hbond substituents is 1. The van der Waals surface area contributed by atoms with Crippen molar-refractivity contribution in [2.24, 2.45) is 4.99 Å². The molecule has 0 aliphatic heterocycles. The number of aromatic hydroxyl groups is 1. The van der Waals surface area contributed by atoms with E-state index in [9.17, 15) is 13.5 Å². The highest BCUT2D eigenvalue weighted by molar-refractivity contribution is 7.92. The van der Waals surface area contributed by atoms with Crippen molar-refractivity contribution < 1.29 is 23.0 Å². The summed E-state index contributed by atoms with van der Waals surface area (Å²) in [5, 5.41) is 12.4. The Labute approximate surface area is 211 Å². The third-order valence-corrected chi connectivity index (χ3v) is 7.33. The molecule has 0 amide bonds. The van der Waals surface area contributed by atoms with Crippen molar-refractivity contribution in [1.29, 1.82) is 0 Å². The van der Waals surface area contributed by atoms with Gasteiger partial charge in [0.2, 0.25) is 5.13 Å². The van der Waals surface area contributed by atoms with Crippen molar-refractivity contribution in [2.75, 3.05) is 18.9 Å². The Morgan fingerprint density at radius 3 is 2.49 bits per heavy atom. The van der Waals surface area contributed by atoms with Gasteiger partial charge >= 0.3 is 0 Å². The minimum atomic E-state index is -3.82. The zero-order valence-corrected chi connectivity index (χ0v) is 21.0. The SMILES string of the molecule is COc1cc(/C=N\c2nc(-c3ccc(NS(=O)(=O)c4ccc(Cl)c(OC)c4)cc3)cs2)ccc1O. The highest BCUT2D eigenvalue weighted by Gasteiger charge is 2.17. The molecule has 0 aliphatic rings. The molecule has 11 heteroatoms. The fourth-order valence-corrected chi connectivity index (χ4v) is 5.03. The number of nitrogens with one attached hydrogen (secondary N) is 1. The molecular formula is C24H20ClN3O5S2. The van der Waals surface area contributed by atoms with Crippen LogP contribution in [-0.4, -0.2) is 38.9 Å². The molecule has 0 aliphatic carbocycles. The number of rotatable bonds is 8. The van der Waals surface area contributed by atoms with Crippen LogP contribution in [0.2, 0.25) is 5.02 Å². The van der Waals surface area contributed by atoms with Gasteiger partial charge < -0.3 is 14.6 Å². The fraction of sp³-hybridized carbons (Fsp3) is 0.0833. The van der Waals surface area contributed by atoms with Gasteiger partial charge in [0.05, 0.1) is 29.8 Å². The molecule has 1 heterocycles. The second kappa shape index (κ2) is 10.3. The van der Waals surface area contributed by atoms with Gasteiger partial charge in [-0.25, -0.2) is 18.4 Å². The lowest BCUT2D eigenvalue weighted by molar-refractivity contribution is 0.373. The first-order valence-electron chi connectivity index (χ1n) is 10.1. The molecular weight excluding hydrogens is 510 g/mol. The minimum Gasteiger partial charge on any atom is -0.504 e. The van der Waals surface area contributed by atoms with Crippen LogP contribution in [0.5, 0.6) is 17.2 Å². The minimum absolute atomic E-state index is 0.0380. The molecule has 0 fully saturated rings. The summed E-state index contributed by atoms with van der Waals surface area (Å²) in [6.45, 7) is 0. The number of ether oxygens (including phenoxy) is 2. The van der Waals surface area contributed by atoms with Gasteiger partial charge in [-0.3, -0.25) is 4.72 Å². The third kappa shape index (κ3) is 5.73. The third-order valence-electron chi connectivity index (χ3n) is 4.89. The molecule has 0 radical (unpaired) electrons. The average molecular weight is 530 g/mol. The fourth-order valence-electron chi connectivity index (χ4n) is 3.09. The van der Waals surface area contributed by atoms with Crippen LogP contribution < -0.4 is 14.2 Å². The lowest BCUT2D eigenvalue weighted by Gasteiger charge is -2.10. The molecule has 35 heavy (non-hydrogen) atoms. The van der Waals surface area contributed by atoms with Crippen molar-refractivity contribution in [3.8, 4) is 28.5 Å². The van der Waals surface area contributed by atoms with Crippen LogP contribution in [-0.2, 0) is 10.0 Å². The summed E-state index contributed by atoms with van der Waals surface area (Å²) in [6.07, 6.45) is 1.63. The van der Waals surface area contributed by atoms with Crippen molar-refractivity contribution in [3.05, 3.63) is 76.6 Å². The number of hydrogen-bond donors (Lipinski definition) is 2. The van der Waals surface area contributed by atoms with Gasteiger partial charge in [-0.15, -0.1) is 11.3 Å². The summed E-state index contributed by atoms with van der Waals surface area (Å²) in [5.74, 6) is 0.691. The molecule has 2 N–H and O–H groups in total. The summed E-state index contributed by atoms with van der Waals surface area (Å²) >= 11 is 7.35. The first-order valence-corrected chi connectivity index (χ1v) is 12.9. The smallest absolute Gasteiger partial charge is 0.262 e. The number of nitrogens with zero attached hydrogens (tertiary/aromatic N) is 2. The van der Waals surface area contributed by atoms with E-state index in [0.29, 0.717) is 27.3 Å². The van der Waals surface area contributed by atoms with E-state index < -0.39 is 10.0 Å². The molecule has 4 rings (SSSR count). The lowest BCUT2D eigenvalue weighted by atomic mass is 10.1. The number of aromatic nitrogens is 1. The number of halogens is 1. The predicted molar refractivity (Wildman–Crippen MR) is 138 cm³/mol. The van der Waals surface area contributed by atoms with Crippen LogP contribution in [0.4, 0.5) is 10.8 Å². The zero-order valence-electron chi connectivity index (χ0n) is 18.6. The molecule has 180 valence electrons. The highest BCUT2D eigenvalue weighted by Crippen LogP contribution is 2.30. The number of hydrogen-bond acceptors (Lipinski definition) is 8. The van der Waals surface area contributed by atoms with E-state index in [1.165, 1.54) is 49.8 Å². The van der Waals surface area contributed by atoms with Crippen LogP contribution in [0.3, 0.4) is 0 Å². The van der Waals surface area contributed by atoms with E-state index in [1.54, 1.807) is 42.6 Å². The quantitative estimate of drug-likeness (QED) is 0.282. The largest absolute Gasteiger partial charge is 0.504 e. The average Bonchev–Trinajstić information content (AvgIpc) is 3.33. The van der Waals surface area contributed by atoms with Crippen molar-refractivity contribution in [1.82, 2.24) is 4.98 Å². The first kappa shape index (κ1) is 24.5. The van der Waals surface area contributed by atoms with Crippen LogP contribution in [0.15, 0.2) is 75.9 Å². The maximum absolute atomic E-state index is 12.7. The monoisotopic (exact) mass is 529 g/mol. The van der Waals surface area contributed by atoms with Crippen LogP contribution in [0.1, 0.15) is 5.56 Å². The normalized spacial score (nSPS) is 11.5. The molecule has 0 spiro atoms. The molecule has 8 nitrogen and oxygen atoms in total. The molecule has 4 aromatic rings. The van der Waals surface area contributed by atoms with E-state index >= 15 is 0 Å². The standard InChI is InChI=1S/C24H20ClN3O5S2/c1-32-22-12-18(8-9-19(22)25)35(30,31)28-17-6-4-16(5-7-17)20-14-34-24(27-20)26-13-15-3-10-21(29)23(11-15)33-2/h3-14,28-29H,1-2H3/b26-13-. The van der Waals surface area contributed by atoms with Gasteiger partial charge in [0.1, 0.15) is 5.75 Å². The number of sulfonamides is 1. The molecule has 0 saturated carbocycles. The molecule has 0 atom stereocenters. The maximum atomic E-state index is 12.7. The Bertz CT molecular complexity index is 1490. The number of benzene rings is 3. The van der Waals surface area contributed by atoms with Crippen molar-refractivity contribution in [2.45, 2.75) is 4.90 Å². The van der Waals surface area contributed by atoms with E-state index in [2.05, 4.69) is 14.7 Å². The topological polar surface area (TPSA) is 110 Å². The zero-order chi connectivity index (χ0) is 25.0. The summed E-state index contributed by atoms with van der Waals surface area (Å²) in [7, 11) is -0.923. The highest BCUT2D eigenvalue weighted by atomic mass is 35.5. The Kier molecular flexibility index (Phi) is 7.25. The molecule has 1 aromatic heterocycles. The van der Waals surface area contributed by atoms with Gasteiger partial charge in [0.15, 0.2) is 11.5 Å². The molecule has 0 unspecified atom stereocenters. The Hall–Kier alpha value is -3.60. The number of methoxy groups -OCH3 is 2. The predicted octanol–water partition coefficient (Wildman–Crippen LogP) is 5.74. The Morgan fingerprint density at radius 2 is 1.77 bits per heavy atom. The summed E-state index contributed by atoms with van der Waals surface area (Å²) < 4.78 is 38.2. The number of aliphatic imine (C=N–C) groups is 1. The van der Waals surface area contributed by atoms with E-state index in [1.807, 2.05) is 5.38 Å². The Balaban J connectivity index is 1.47. The number of thiazole rings is 1. The summed E-state index contributed by atoms with van der Waals surface area (Å²) in [5.41, 5.74) is 2.68. The van der Waals surface area contributed by atoms with Crippen LogP contribution >= 0.6 is 22.9 Å². The van der Waals surface area contributed by atoms with Gasteiger partial charge in [-0.2, -0.15) is 0 Å². The summed E-state index contributed by atoms with van der Waals surface area (Å²) in [6, 6.07) is 16.0. The number of anilines is 1. The van der Waals surface area contributed by atoms with E-state index in [0.717, 1.165) is 11.1 Å². The van der Waals surface area contributed by atoms with E-state index in [-0.39, 0.29) is 16.4 Å². The molecule has 0 bridgehead atoms.